The summed E-state index contributed by atoms with van der Waals surface area (Å²) in [7, 11) is 0. The number of benzene rings is 2. The Balaban J connectivity index is 1.32. The first-order valence-electron chi connectivity index (χ1n) is 14.7. The quantitative estimate of drug-likeness (QED) is 0.524. The van der Waals surface area contributed by atoms with Crippen LogP contribution in [0.25, 0.3) is 0 Å². The molecule has 5 rings (SSSR count). The van der Waals surface area contributed by atoms with E-state index < -0.39 is 6.04 Å². The predicted molar refractivity (Wildman–Crippen MR) is 151 cm³/mol. The lowest BCUT2D eigenvalue weighted by Crippen LogP contribution is -2.59. The standard InChI is InChI=1S/C32H44N4O2/c1-23-7-9-25(10-8-23)22-35(19-17-24-5-3-2-4-6-24)29-18-20-36(32(38)26-11-12-26)30(21-29)31(37)34-28-15-13-27(33)14-16-28/h2-10,26-30H,11-22,33H2,1H3,(H,34,37)/t27?,28?,29?,30-/m1/s1. The molecule has 3 fully saturated rings. The normalized spacial score (nSPS) is 25.8. The van der Waals surface area contributed by atoms with Crippen LogP contribution in [0.15, 0.2) is 54.6 Å². The van der Waals surface area contributed by atoms with Crippen LogP contribution < -0.4 is 11.1 Å². The fourth-order valence-corrected chi connectivity index (χ4v) is 6.15. The molecule has 2 amide bonds. The van der Waals surface area contributed by atoms with E-state index in [0.29, 0.717) is 13.0 Å². The highest BCUT2D eigenvalue weighted by molar-refractivity contribution is 5.89. The van der Waals surface area contributed by atoms with E-state index in [9.17, 15) is 9.59 Å². The molecule has 2 saturated carbocycles. The lowest BCUT2D eigenvalue weighted by atomic mass is 9.90. The number of nitrogens with zero attached hydrogens (tertiary/aromatic N) is 2. The summed E-state index contributed by atoms with van der Waals surface area (Å²) in [6, 6.07) is 19.7. The van der Waals surface area contributed by atoms with Gasteiger partial charge in [-0.1, -0.05) is 60.2 Å². The van der Waals surface area contributed by atoms with Gasteiger partial charge >= 0.3 is 0 Å². The van der Waals surface area contributed by atoms with Gasteiger partial charge in [0.05, 0.1) is 0 Å². The highest BCUT2D eigenvalue weighted by Crippen LogP contribution is 2.34. The Hall–Kier alpha value is -2.70. The van der Waals surface area contributed by atoms with E-state index >= 15 is 0 Å². The molecule has 2 aromatic rings. The molecule has 0 radical (unpaired) electrons. The van der Waals surface area contributed by atoms with Crippen molar-refractivity contribution in [2.45, 2.75) is 95.4 Å². The van der Waals surface area contributed by atoms with E-state index in [0.717, 1.165) is 64.5 Å². The Morgan fingerprint density at radius 1 is 0.921 bits per heavy atom. The molecule has 1 heterocycles. The zero-order valence-corrected chi connectivity index (χ0v) is 22.9. The van der Waals surface area contributed by atoms with E-state index in [1.165, 1.54) is 16.7 Å². The number of amides is 2. The van der Waals surface area contributed by atoms with E-state index in [-0.39, 0.29) is 35.9 Å². The first kappa shape index (κ1) is 26.9. The van der Waals surface area contributed by atoms with Crippen LogP contribution in [0.2, 0.25) is 0 Å². The minimum atomic E-state index is -0.394. The van der Waals surface area contributed by atoms with Crippen molar-refractivity contribution in [2.24, 2.45) is 11.7 Å². The zero-order chi connectivity index (χ0) is 26.5. The van der Waals surface area contributed by atoms with Gasteiger partial charge in [0.2, 0.25) is 11.8 Å². The maximum Gasteiger partial charge on any atom is 0.243 e. The molecule has 1 saturated heterocycles. The average Bonchev–Trinajstić information content (AvgIpc) is 3.79. The molecule has 2 atom stereocenters. The molecule has 38 heavy (non-hydrogen) atoms. The summed E-state index contributed by atoms with van der Waals surface area (Å²) < 4.78 is 0. The number of carbonyl (C=O) groups is 2. The molecular formula is C32H44N4O2. The van der Waals surface area contributed by atoms with Crippen LogP contribution in [0.1, 0.15) is 68.1 Å². The van der Waals surface area contributed by atoms with Crippen molar-refractivity contribution < 1.29 is 9.59 Å². The lowest BCUT2D eigenvalue weighted by molar-refractivity contribution is -0.145. The average molecular weight is 517 g/mol. The minimum absolute atomic E-state index is 0.0301. The van der Waals surface area contributed by atoms with Crippen LogP contribution in [0.3, 0.4) is 0 Å². The van der Waals surface area contributed by atoms with Crippen LogP contribution in [-0.2, 0) is 22.6 Å². The van der Waals surface area contributed by atoms with Crippen molar-refractivity contribution in [3.63, 3.8) is 0 Å². The molecule has 6 heteroatoms. The third-order valence-electron chi connectivity index (χ3n) is 8.76. The molecule has 1 unspecified atom stereocenters. The SMILES string of the molecule is Cc1ccc(CN(CCc2ccccc2)C2CCN(C(=O)C3CC3)[C@@H](C(=O)NC3CCC(N)CC3)C2)cc1. The van der Waals surface area contributed by atoms with Crippen molar-refractivity contribution in [3.8, 4) is 0 Å². The first-order valence-corrected chi connectivity index (χ1v) is 14.7. The van der Waals surface area contributed by atoms with Crippen LogP contribution >= 0.6 is 0 Å². The number of hydrogen-bond donors (Lipinski definition) is 2. The van der Waals surface area contributed by atoms with Gasteiger partial charge in [0.15, 0.2) is 0 Å². The van der Waals surface area contributed by atoms with Gasteiger partial charge in [0, 0.05) is 43.7 Å². The second kappa shape index (κ2) is 12.4. The summed E-state index contributed by atoms with van der Waals surface area (Å²) in [5.41, 5.74) is 9.97. The molecule has 2 aliphatic carbocycles. The number of nitrogens with one attached hydrogen (secondary N) is 1. The summed E-state index contributed by atoms with van der Waals surface area (Å²) in [5.74, 6) is 0.336. The largest absolute Gasteiger partial charge is 0.352 e. The molecule has 2 aromatic carbocycles. The maximum absolute atomic E-state index is 13.7. The van der Waals surface area contributed by atoms with Gasteiger partial charge in [-0.3, -0.25) is 14.5 Å². The van der Waals surface area contributed by atoms with Gasteiger partial charge in [-0.2, -0.15) is 0 Å². The maximum atomic E-state index is 13.7. The van der Waals surface area contributed by atoms with Crippen molar-refractivity contribution in [1.29, 1.82) is 0 Å². The Morgan fingerprint density at radius 3 is 2.32 bits per heavy atom. The summed E-state index contributed by atoms with van der Waals surface area (Å²) in [5, 5.41) is 3.32. The van der Waals surface area contributed by atoms with Crippen molar-refractivity contribution >= 4 is 11.8 Å². The van der Waals surface area contributed by atoms with Crippen LogP contribution in [0.5, 0.6) is 0 Å². The third kappa shape index (κ3) is 7.03. The molecule has 3 aliphatic rings. The van der Waals surface area contributed by atoms with E-state index in [1.807, 2.05) is 4.90 Å². The van der Waals surface area contributed by atoms with Crippen molar-refractivity contribution in [3.05, 3.63) is 71.3 Å². The Morgan fingerprint density at radius 2 is 1.63 bits per heavy atom. The summed E-state index contributed by atoms with van der Waals surface area (Å²) in [4.78, 5) is 31.4. The van der Waals surface area contributed by atoms with Crippen molar-refractivity contribution in [1.82, 2.24) is 15.1 Å². The number of aryl methyl sites for hydroxylation is 1. The fourth-order valence-electron chi connectivity index (χ4n) is 6.15. The number of carbonyl (C=O) groups excluding carboxylic acids is 2. The predicted octanol–water partition coefficient (Wildman–Crippen LogP) is 4.20. The minimum Gasteiger partial charge on any atom is -0.352 e. The Kier molecular flexibility index (Phi) is 8.80. The smallest absolute Gasteiger partial charge is 0.243 e. The number of nitrogens with two attached hydrogens (primary N) is 1. The third-order valence-corrected chi connectivity index (χ3v) is 8.76. The monoisotopic (exact) mass is 516 g/mol. The van der Waals surface area contributed by atoms with Gasteiger partial charge < -0.3 is 16.0 Å². The second-order valence-electron chi connectivity index (χ2n) is 11.8. The lowest BCUT2D eigenvalue weighted by Gasteiger charge is -2.43. The summed E-state index contributed by atoms with van der Waals surface area (Å²) in [6.07, 6.45) is 8.24. The van der Waals surface area contributed by atoms with Gasteiger partial charge in [-0.15, -0.1) is 0 Å². The molecule has 1 aliphatic heterocycles. The number of rotatable bonds is 9. The van der Waals surface area contributed by atoms with Crippen LogP contribution in [0.4, 0.5) is 0 Å². The zero-order valence-electron chi connectivity index (χ0n) is 22.9. The highest BCUT2D eigenvalue weighted by Gasteiger charge is 2.43. The number of likely N-dealkylation sites (tertiary alicyclic amines) is 1. The summed E-state index contributed by atoms with van der Waals surface area (Å²) >= 11 is 0. The molecule has 0 aromatic heterocycles. The fraction of sp³-hybridized carbons (Fsp3) is 0.562. The van der Waals surface area contributed by atoms with Gasteiger partial charge in [0.1, 0.15) is 6.04 Å². The Labute approximate surface area is 228 Å². The van der Waals surface area contributed by atoms with Crippen LogP contribution in [0, 0.1) is 12.8 Å². The molecule has 6 nitrogen and oxygen atoms in total. The highest BCUT2D eigenvalue weighted by atomic mass is 16.2. The van der Waals surface area contributed by atoms with E-state index in [4.69, 9.17) is 5.73 Å². The van der Waals surface area contributed by atoms with Crippen molar-refractivity contribution in [2.75, 3.05) is 13.1 Å². The molecule has 0 bridgehead atoms. The summed E-state index contributed by atoms with van der Waals surface area (Å²) in [6.45, 7) is 4.55. The van der Waals surface area contributed by atoms with Gasteiger partial charge in [0.25, 0.3) is 0 Å². The van der Waals surface area contributed by atoms with Gasteiger partial charge in [-0.05, 0) is 75.8 Å². The number of hydrogen-bond acceptors (Lipinski definition) is 4. The van der Waals surface area contributed by atoms with E-state index in [1.54, 1.807) is 0 Å². The number of piperidine rings is 1. The first-order chi connectivity index (χ1) is 18.5. The second-order valence-corrected chi connectivity index (χ2v) is 11.8. The molecule has 3 N–H and O–H groups in total. The molecule has 0 spiro atoms. The molecular weight excluding hydrogens is 472 g/mol. The van der Waals surface area contributed by atoms with E-state index in [2.05, 4.69) is 71.7 Å². The molecule has 204 valence electrons. The Bertz CT molecular complexity index is 1060. The van der Waals surface area contributed by atoms with Gasteiger partial charge in [-0.25, -0.2) is 0 Å². The topological polar surface area (TPSA) is 78.7 Å². The van der Waals surface area contributed by atoms with Crippen LogP contribution in [-0.4, -0.2) is 58.9 Å².